The number of hydrogen-bond donors (Lipinski definition) is 2. The molecule has 5 nitrogen and oxygen atoms in total. The Morgan fingerprint density at radius 3 is 2.32 bits per heavy atom. The molecule has 0 aliphatic heterocycles. The van der Waals surface area contributed by atoms with Gasteiger partial charge < -0.3 is 15.4 Å². The lowest BCUT2D eigenvalue weighted by Gasteiger charge is -2.09. The van der Waals surface area contributed by atoms with E-state index in [0.717, 1.165) is 0 Å². The van der Waals surface area contributed by atoms with Crippen LogP contribution < -0.4 is 10.6 Å². The molecule has 0 aliphatic carbocycles. The van der Waals surface area contributed by atoms with E-state index >= 15 is 0 Å². The summed E-state index contributed by atoms with van der Waals surface area (Å²) in [5.41, 5.74) is 1.37. The smallest absolute Gasteiger partial charge is 0.339 e. The van der Waals surface area contributed by atoms with Crippen LogP contribution in [0.5, 0.6) is 0 Å². The molecule has 0 unspecified atom stereocenters. The minimum absolute atomic E-state index is 0.209. The van der Waals surface area contributed by atoms with Gasteiger partial charge in [-0.2, -0.15) is 0 Å². The van der Waals surface area contributed by atoms with Crippen LogP contribution >= 0.6 is 23.2 Å². The number of amides is 2. The van der Waals surface area contributed by atoms with Gasteiger partial charge in [0.05, 0.1) is 16.3 Å². The first kappa shape index (κ1) is 16.1. The first-order chi connectivity index (χ1) is 10.6. The van der Waals surface area contributed by atoms with Gasteiger partial charge in [0, 0.05) is 5.69 Å². The number of carbonyl (C=O) groups is 2. The van der Waals surface area contributed by atoms with Gasteiger partial charge in [0.2, 0.25) is 0 Å². The second kappa shape index (κ2) is 7.68. The summed E-state index contributed by atoms with van der Waals surface area (Å²) in [6.45, 7) is 0. The van der Waals surface area contributed by atoms with E-state index in [0.29, 0.717) is 22.0 Å². The van der Waals surface area contributed by atoms with E-state index in [1.54, 1.807) is 36.4 Å². The van der Waals surface area contributed by atoms with Crippen molar-refractivity contribution in [3.63, 3.8) is 0 Å². The Morgan fingerprint density at radius 1 is 1.00 bits per heavy atom. The minimum Gasteiger partial charge on any atom is -0.446 e. The minimum atomic E-state index is -0.526. The van der Waals surface area contributed by atoms with Crippen LogP contribution in [0.1, 0.15) is 10.4 Å². The summed E-state index contributed by atoms with van der Waals surface area (Å²) in [5, 5.41) is 5.70. The Morgan fingerprint density at radius 2 is 1.68 bits per heavy atom. The van der Waals surface area contributed by atoms with Crippen molar-refractivity contribution in [3.8, 4) is 0 Å². The molecule has 0 atom stereocenters. The highest BCUT2D eigenvalue weighted by atomic mass is 35.5. The van der Waals surface area contributed by atoms with Crippen LogP contribution in [-0.2, 0) is 4.74 Å². The Kier molecular flexibility index (Phi) is 5.63. The molecule has 0 saturated heterocycles. The van der Waals surface area contributed by atoms with E-state index in [1.165, 1.54) is 12.1 Å². The van der Waals surface area contributed by atoms with Crippen molar-refractivity contribution in [2.75, 3.05) is 16.7 Å². The second-order valence-corrected chi connectivity index (χ2v) is 4.80. The standard InChI is InChI=1S/C15H12Cl2N2O3/c16-9-22-14(20)10-5-7-11(8-6-10)18-15(21)19-13-4-2-1-3-12(13)17/h1-8H,9H2,(H2,18,19,21). The summed E-state index contributed by atoms with van der Waals surface area (Å²) in [4.78, 5) is 23.3. The van der Waals surface area contributed by atoms with E-state index in [9.17, 15) is 9.59 Å². The lowest BCUT2D eigenvalue weighted by atomic mass is 10.2. The van der Waals surface area contributed by atoms with Crippen molar-refractivity contribution in [1.82, 2.24) is 0 Å². The summed E-state index contributed by atoms with van der Waals surface area (Å²) in [7, 11) is 0. The van der Waals surface area contributed by atoms with Crippen molar-refractivity contribution in [3.05, 3.63) is 59.1 Å². The summed E-state index contributed by atoms with van der Waals surface area (Å²) in [6, 6.07) is 12.5. The highest BCUT2D eigenvalue weighted by Crippen LogP contribution is 2.20. The average Bonchev–Trinajstić information content (AvgIpc) is 2.50. The van der Waals surface area contributed by atoms with Gasteiger partial charge >= 0.3 is 12.0 Å². The predicted octanol–water partition coefficient (Wildman–Crippen LogP) is 4.34. The Labute approximate surface area is 137 Å². The maximum atomic E-state index is 11.9. The molecule has 0 aromatic heterocycles. The molecule has 2 N–H and O–H groups in total. The third-order valence-corrected chi connectivity index (χ3v) is 3.12. The molecular formula is C15H12Cl2N2O3. The number of benzene rings is 2. The number of anilines is 2. The quantitative estimate of drug-likeness (QED) is 0.643. The van der Waals surface area contributed by atoms with Crippen molar-refractivity contribution in [2.24, 2.45) is 0 Å². The second-order valence-electron chi connectivity index (χ2n) is 4.18. The molecule has 2 aromatic carbocycles. The number of para-hydroxylation sites is 1. The Bertz CT molecular complexity index is 675. The van der Waals surface area contributed by atoms with Gasteiger partial charge in [-0.05, 0) is 36.4 Å². The molecule has 0 aliphatic rings. The summed E-state index contributed by atoms with van der Waals surface area (Å²) >= 11 is 11.3. The number of halogens is 2. The number of urea groups is 1. The van der Waals surface area contributed by atoms with E-state index in [2.05, 4.69) is 15.4 Å². The van der Waals surface area contributed by atoms with E-state index < -0.39 is 12.0 Å². The van der Waals surface area contributed by atoms with Crippen LogP contribution in [0.3, 0.4) is 0 Å². The fraction of sp³-hybridized carbons (Fsp3) is 0.0667. The number of hydrogen-bond acceptors (Lipinski definition) is 3. The summed E-state index contributed by atoms with van der Waals surface area (Å²) in [5.74, 6) is -0.526. The van der Waals surface area contributed by atoms with Crippen LogP contribution in [0.4, 0.5) is 16.2 Å². The van der Waals surface area contributed by atoms with Crippen LogP contribution in [-0.4, -0.2) is 18.1 Å². The molecule has 114 valence electrons. The number of ether oxygens (including phenoxy) is 1. The van der Waals surface area contributed by atoms with Crippen molar-refractivity contribution in [2.45, 2.75) is 0 Å². The SMILES string of the molecule is O=C(Nc1ccc(C(=O)OCCl)cc1)Nc1ccccc1Cl. The molecule has 0 saturated carbocycles. The lowest BCUT2D eigenvalue weighted by Crippen LogP contribution is -2.19. The van der Waals surface area contributed by atoms with E-state index in [4.69, 9.17) is 23.2 Å². The first-order valence-electron chi connectivity index (χ1n) is 6.26. The number of carbonyl (C=O) groups excluding carboxylic acids is 2. The third kappa shape index (κ3) is 4.38. The fourth-order valence-corrected chi connectivity index (χ4v) is 1.95. The Balaban J connectivity index is 1.97. The molecule has 0 heterocycles. The van der Waals surface area contributed by atoms with E-state index in [-0.39, 0.29) is 6.07 Å². The van der Waals surface area contributed by atoms with Crippen molar-refractivity contribution < 1.29 is 14.3 Å². The number of nitrogens with one attached hydrogen (secondary N) is 2. The predicted molar refractivity (Wildman–Crippen MR) is 86.7 cm³/mol. The first-order valence-corrected chi connectivity index (χ1v) is 7.17. The van der Waals surface area contributed by atoms with Gasteiger partial charge in [-0.3, -0.25) is 0 Å². The maximum Gasteiger partial charge on any atom is 0.339 e. The van der Waals surface area contributed by atoms with Gasteiger partial charge in [0.25, 0.3) is 0 Å². The molecular weight excluding hydrogens is 327 g/mol. The molecule has 2 aromatic rings. The van der Waals surface area contributed by atoms with Gasteiger partial charge in [0.1, 0.15) is 0 Å². The molecule has 2 rings (SSSR count). The molecule has 22 heavy (non-hydrogen) atoms. The van der Waals surface area contributed by atoms with Gasteiger partial charge in [-0.1, -0.05) is 35.3 Å². The third-order valence-electron chi connectivity index (χ3n) is 2.69. The Hall–Kier alpha value is -2.24. The fourth-order valence-electron chi connectivity index (χ4n) is 1.67. The molecule has 7 heteroatoms. The van der Waals surface area contributed by atoms with Crippen LogP contribution in [0, 0.1) is 0 Å². The maximum absolute atomic E-state index is 11.9. The highest BCUT2D eigenvalue weighted by molar-refractivity contribution is 6.33. The average molecular weight is 339 g/mol. The molecule has 0 radical (unpaired) electrons. The number of alkyl halides is 1. The highest BCUT2D eigenvalue weighted by Gasteiger charge is 2.08. The van der Waals surface area contributed by atoms with Gasteiger partial charge in [-0.15, -0.1) is 0 Å². The monoisotopic (exact) mass is 338 g/mol. The molecule has 0 spiro atoms. The topological polar surface area (TPSA) is 67.4 Å². The normalized spacial score (nSPS) is 9.91. The number of esters is 1. The zero-order chi connectivity index (χ0) is 15.9. The molecule has 0 bridgehead atoms. The van der Waals surface area contributed by atoms with Crippen molar-refractivity contribution >= 4 is 46.6 Å². The molecule has 0 fully saturated rings. The zero-order valence-electron chi connectivity index (χ0n) is 11.3. The van der Waals surface area contributed by atoms with Gasteiger partial charge in [-0.25, -0.2) is 9.59 Å². The largest absolute Gasteiger partial charge is 0.446 e. The van der Waals surface area contributed by atoms with Crippen LogP contribution in [0.15, 0.2) is 48.5 Å². The lowest BCUT2D eigenvalue weighted by molar-refractivity contribution is 0.0574. The summed E-state index contributed by atoms with van der Waals surface area (Å²) < 4.78 is 4.65. The van der Waals surface area contributed by atoms with E-state index in [1.807, 2.05) is 0 Å². The number of rotatable bonds is 4. The zero-order valence-corrected chi connectivity index (χ0v) is 12.8. The van der Waals surface area contributed by atoms with Crippen molar-refractivity contribution in [1.29, 1.82) is 0 Å². The van der Waals surface area contributed by atoms with Crippen LogP contribution in [0.2, 0.25) is 5.02 Å². The molecule has 2 amide bonds. The van der Waals surface area contributed by atoms with Gasteiger partial charge in [0.15, 0.2) is 6.07 Å². The summed E-state index contributed by atoms with van der Waals surface area (Å²) in [6.07, 6.45) is 0. The van der Waals surface area contributed by atoms with Crippen LogP contribution in [0.25, 0.3) is 0 Å².